The number of aromatic nitrogens is 1. The highest BCUT2D eigenvalue weighted by Gasteiger charge is 2.20. The van der Waals surface area contributed by atoms with Gasteiger partial charge < -0.3 is 4.72 Å². The first-order valence-corrected chi connectivity index (χ1v) is 14.8. The minimum absolute atomic E-state index is 0.0296. The largest absolute Gasteiger partial charge is 0.307 e. The molecule has 0 amide bonds. The van der Waals surface area contributed by atoms with E-state index < -0.39 is 19.7 Å². The molecule has 0 radical (unpaired) electrons. The number of nitrogens with zero attached hydrogens (tertiary/aromatic N) is 1. The summed E-state index contributed by atoms with van der Waals surface area (Å²) in [7, 11) is -5.17. The summed E-state index contributed by atoms with van der Waals surface area (Å²) in [5.41, 5.74) is 2.22. The maximum atomic E-state index is 13.2. The third kappa shape index (κ3) is 4.72. The smallest absolute Gasteiger partial charge is 0.261 e. The summed E-state index contributed by atoms with van der Waals surface area (Å²) < 4.78 is 47.2. The van der Waals surface area contributed by atoms with Gasteiger partial charge in [0.1, 0.15) is 4.21 Å². The van der Waals surface area contributed by atoms with Gasteiger partial charge in [0.15, 0.2) is 0 Å². The first kappa shape index (κ1) is 23.6. The van der Waals surface area contributed by atoms with Gasteiger partial charge in [0.2, 0.25) is 0 Å². The van der Waals surface area contributed by atoms with Crippen LogP contribution in [0.4, 0.5) is 11.4 Å². The van der Waals surface area contributed by atoms with Crippen LogP contribution in [0.5, 0.6) is 0 Å². The molecule has 0 fully saturated rings. The van der Waals surface area contributed by atoms with E-state index in [-0.39, 0.29) is 21.2 Å². The van der Waals surface area contributed by atoms with Crippen molar-refractivity contribution in [2.45, 2.75) is 28.9 Å². The number of nitrogens with one attached hydrogen (secondary N) is 2. The van der Waals surface area contributed by atoms with Crippen LogP contribution in [0.2, 0.25) is 0 Å². The van der Waals surface area contributed by atoms with Gasteiger partial charge in [-0.25, -0.2) is 12.6 Å². The molecule has 0 spiro atoms. The summed E-state index contributed by atoms with van der Waals surface area (Å²) in [6.45, 7) is 4.03. The van der Waals surface area contributed by atoms with Crippen molar-refractivity contribution in [3.8, 4) is 0 Å². The van der Waals surface area contributed by atoms with E-state index in [1.54, 1.807) is 46.7 Å². The van der Waals surface area contributed by atoms with E-state index in [2.05, 4.69) is 15.3 Å². The summed E-state index contributed by atoms with van der Waals surface area (Å²) in [5.74, 6) is 4.02. The molecule has 33 heavy (non-hydrogen) atoms. The highest BCUT2D eigenvalue weighted by Crippen LogP contribution is 2.32. The molecule has 2 aromatic carbocycles. The molecule has 1 unspecified atom stereocenters. The first-order valence-electron chi connectivity index (χ1n) is 9.93. The third-order valence-electron chi connectivity index (χ3n) is 5.11. The maximum absolute atomic E-state index is 13.2. The molecule has 0 aliphatic rings. The normalized spacial score (nSPS) is 13.8. The van der Waals surface area contributed by atoms with E-state index in [0.717, 1.165) is 17.1 Å². The van der Waals surface area contributed by atoms with Crippen molar-refractivity contribution in [2.75, 3.05) is 9.44 Å². The maximum Gasteiger partial charge on any atom is 0.261 e. The molecule has 1 atom stereocenters. The number of fused-ring (bicyclic) bond motifs is 1. The lowest BCUT2D eigenvalue weighted by atomic mass is 10.0. The standard InChI is InChI=1S/C22H23N3O4S4/c1-14(2)15-7-9-18(19(12-15)23-32(4,27)21-6-5-11-30-21)24-33(28,29)16-8-10-20-17(13-16)22(26)31-25(20)3/h5-14,24H,4H2,1-3H3,(H,23,27). The molecule has 2 aromatic heterocycles. The Bertz CT molecular complexity index is 1600. The lowest BCUT2D eigenvalue weighted by Crippen LogP contribution is -2.17. The van der Waals surface area contributed by atoms with Crippen molar-refractivity contribution < 1.29 is 12.6 Å². The van der Waals surface area contributed by atoms with E-state index in [1.807, 2.05) is 19.9 Å². The zero-order valence-electron chi connectivity index (χ0n) is 18.2. The van der Waals surface area contributed by atoms with Crippen LogP contribution < -0.4 is 14.2 Å². The second kappa shape index (κ2) is 8.64. The second-order valence-electron chi connectivity index (χ2n) is 7.83. The summed E-state index contributed by atoms with van der Waals surface area (Å²) in [6, 6.07) is 13.2. The minimum atomic E-state index is -4.02. The fraction of sp³-hybridized carbons (Fsp3) is 0.182. The highest BCUT2D eigenvalue weighted by atomic mass is 32.2. The fourth-order valence-corrected chi connectivity index (χ4v) is 7.48. The molecular weight excluding hydrogens is 499 g/mol. The van der Waals surface area contributed by atoms with Gasteiger partial charge in [0.05, 0.1) is 36.9 Å². The van der Waals surface area contributed by atoms with Crippen LogP contribution in [0, 0.1) is 0 Å². The molecule has 2 N–H and O–H groups in total. The summed E-state index contributed by atoms with van der Waals surface area (Å²) in [4.78, 5) is 12.2. The van der Waals surface area contributed by atoms with Crippen LogP contribution in [0.25, 0.3) is 10.9 Å². The monoisotopic (exact) mass is 521 g/mol. The quantitative estimate of drug-likeness (QED) is 0.345. The van der Waals surface area contributed by atoms with Gasteiger partial charge in [-0.05, 0) is 70.7 Å². The molecular formula is C22H23N3O4S4. The van der Waals surface area contributed by atoms with E-state index in [0.29, 0.717) is 20.8 Å². The average Bonchev–Trinajstić information content (AvgIpc) is 3.38. The molecule has 0 bridgehead atoms. The molecule has 2 heterocycles. The lowest BCUT2D eigenvalue weighted by Gasteiger charge is -2.18. The van der Waals surface area contributed by atoms with Gasteiger partial charge in [-0.15, -0.1) is 11.3 Å². The van der Waals surface area contributed by atoms with Gasteiger partial charge in [-0.1, -0.05) is 26.0 Å². The van der Waals surface area contributed by atoms with Crippen molar-refractivity contribution in [1.82, 2.24) is 3.96 Å². The molecule has 0 saturated heterocycles. The summed E-state index contributed by atoms with van der Waals surface area (Å²) >= 11 is 2.33. The van der Waals surface area contributed by atoms with E-state index in [4.69, 9.17) is 0 Å². The minimum Gasteiger partial charge on any atom is -0.307 e. The molecule has 0 aliphatic heterocycles. The zero-order chi connectivity index (χ0) is 24.0. The molecule has 0 aliphatic carbocycles. The molecule has 4 aromatic rings. The predicted octanol–water partition coefficient (Wildman–Crippen LogP) is 4.69. The van der Waals surface area contributed by atoms with Crippen LogP contribution in [-0.4, -0.2) is 22.5 Å². The summed E-state index contributed by atoms with van der Waals surface area (Å²) in [5, 5.41) is 2.15. The topological polar surface area (TPSA) is 97.3 Å². The fourth-order valence-electron chi connectivity index (χ4n) is 3.32. The van der Waals surface area contributed by atoms with Crippen molar-refractivity contribution in [3.05, 3.63) is 69.0 Å². The molecule has 174 valence electrons. The molecule has 4 rings (SSSR count). The number of rotatable bonds is 7. The Morgan fingerprint density at radius 2 is 1.76 bits per heavy atom. The van der Waals surface area contributed by atoms with Gasteiger partial charge in [-0.3, -0.25) is 13.5 Å². The van der Waals surface area contributed by atoms with Crippen molar-refractivity contribution in [2.24, 2.45) is 7.05 Å². The number of anilines is 2. The SMILES string of the molecule is C=S(=O)(Nc1cc(C(C)C)ccc1NS(=O)(=O)c1ccc2c(c1)c(=O)sn2C)c1cccs1. The predicted molar refractivity (Wildman–Crippen MR) is 140 cm³/mol. The van der Waals surface area contributed by atoms with Crippen molar-refractivity contribution in [3.63, 3.8) is 0 Å². The third-order valence-corrected chi connectivity index (χ3v) is 10.4. The van der Waals surface area contributed by atoms with Crippen LogP contribution in [0.15, 0.2) is 67.8 Å². The molecule has 7 nitrogen and oxygen atoms in total. The van der Waals surface area contributed by atoms with Crippen LogP contribution >= 0.6 is 22.9 Å². The van der Waals surface area contributed by atoms with Gasteiger partial charge in [0, 0.05) is 7.05 Å². The van der Waals surface area contributed by atoms with E-state index in [9.17, 15) is 17.4 Å². The Hall–Kier alpha value is -2.60. The van der Waals surface area contributed by atoms with Gasteiger partial charge >= 0.3 is 0 Å². The Morgan fingerprint density at radius 1 is 1.00 bits per heavy atom. The summed E-state index contributed by atoms with van der Waals surface area (Å²) in [6.07, 6.45) is 0. The number of hydrogen-bond acceptors (Lipinski definition) is 6. The number of aryl methyl sites for hydroxylation is 1. The Morgan fingerprint density at radius 3 is 2.42 bits per heavy atom. The van der Waals surface area contributed by atoms with E-state index in [1.165, 1.54) is 23.5 Å². The molecule has 11 heteroatoms. The van der Waals surface area contributed by atoms with Crippen molar-refractivity contribution in [1.29, 1.82) is 0 Å². The highest BCUT2D eigenvalue weighted by molar-refractivity contribution is 8.03. The number of sulfonamides is 1. The Balaban J connectivity index is 1.75. The van der Waals surface area contributed by atoms with Gasteiger partial charge in [-0.2, -0.15) is 0 Å². The van der Waals surface area contributed by atoms with Crippen molar-refractivity contribution >= 4 is 70.7 Å². The average molecular weight is 522 g/mol. The Labute approximate surface area is 201 Å². The van der Waals surface area contributed by atoms with E-state index >= 15 is 0 Å². The van der Waals surface area contributed by atoms with Crippen LogP contribution in [-0.2, 0) is 26.8 Å². The first-order chi connectivity index (χ1) is 15.5. The zero-order valence-corrected chi connectivity index (χ0v) is 21.5. The number of thiophene rings is 1. The molecule has 0 saturated carbocycles. The number of benzene rings is 2. The second-order valence-corrected chi connectivity index (χ2v) is 13.8. The number of hydrogen-bond donors (Lipinski definition) is 2. The van der Waals surface area contributed by atoms with Crippen LogP contribution in [0.3, 0.4) is 0 Å². The Kier molecular flexibility index (Phi) is 6.16. The van der Waals surface area contributed by atoms with Crippen LogP contribution in [0.1, 0.15) is 25.3 Å². The van der Waals surface area contributed by atoms with Gasteiger partial charge in [0.25, 0.3) is 14.8 Å². The lowest BCUT2D eigenvalue weighted by molar-refractivity contribution is 0.601.